The minimum Gasteiger partial charge on any atom is -0.456 e. The molecule has 0 aromatic heterocycles. The molecule has 1 aromatic rings. The van der Waals surface area contributed by atoms with Gasteiger partial charge < -0.3 is 9.47 Å². The van der Waals surface area contributed by atoms with Crippen molar-refractivity contribution in [1.29, 1.82) is 0 Å². The van der Waals surface area contributed by atoms with Crippen LogP contribution in [0.3, 0.4) is 0 Å². The van der Waals surface area contributed by atoms with Crippen molar-refractivity contribution in [3.05, 3.63) is 35.9 Å². The van der Waals surface area contributed by atoms with Gasteiger partial charge in [0.1, 0.15) is 17.9 Å². The topological polar surface area (TPSA) is 65.0 Å². The van der Waals surface area contributed by atoms with Gasteiger partial charge in [0.2, 0.25) is 0 Å². The Morgan fingerprint density at radius 2 is 1.75 bits per heavy atom. The van der Waals surface area contributed by atoms with Crippen molar-refractivity contribution >= 4 is 17.8 Å². The number of carbonyl (C=O) groups is 2. The predicted octanol–water partition coefficient (Wildman–Crippen LogP) is 3.13. The third-order valence-corrected chi connectivity index (χ3v) is 2.16. The van der Waals surface area contributed by atoms with Crippen LogP contribution in [0.2, 0.25) is 0 Å². The molecule has 0 aliphatic rings. The lowest BCUT2D eigenvalue weighted by Gasteiger charge is -2.17. The Bertz CT molecular complexity index is 500. The van der Waals surface area contributed by atoms with Crippen molar-refractivity contribution in [2.24, 2.45) is 4.99 Å². The summed E-state index contributed by atoms with van der Waals surface area (Å²) in [5, 5.41) is 0. The monoisotopic (exact) mass is 277 g/mol. The maximum absolute atomic E-state index is 11.7. The standard InChI is InChI=1S/C15H19NO4/c1-11(16-14(18)20-15(2,3)4)13(17)19-10-12-8-6-5-7-9-12/h5-9H,10H2,1-4H3. The summed E-state index contributed by atoms with van der Waals surface area (Å²) < 4.78 is 10.0. The van der Waals surface area contributed by atoms with Crippen molar-refractivity contribution in [3.8, 4) is 0 Å². The van der Waals surface area contributed by atoms with E-state index in [4.69, 9.17) is 9.47 Å². The van der Waals surface area contributed by atoms with E-state index in [0.29, 0.717) is 0 Å². The van der Waals surface area contributed by atoms with Gasteiger partial charge in [0.15, 0.2) is 0 Å². The number of hydrogen-bond donors (Lipinski definition) is 0. The molecule has 0 bridgehead atoms. The van der Waals surface area contributed by atoms with Gasteiger partial charge in [0, 0.05) is 0 Å². The average molecular weight is 277 g/mol. The molecule has 5 heteroatoms. The normalized spacial score (nSPS) is 11.9. The molecular weight excluding hydrogens is 258 g/mol. The molecule has 1 rings (SSSR count). The van der Waals surface area contributed by atoms with Gasteiger partial charge >= 0.3 is 12.1 Å². The molecule has 5 nitrogen and oxygen atoms in total. The molecule has 0 aliphatic carbocycles. The van der Waals surface area contributed by atoms with E-state index in [9.17, 15) is 9.59 Å². The largest absolute Gasteiger partial charge is 0.456 e. The van der Waals surface area contributed by atoms with Crippen LogP contribution in [0, 0.1) is 0 Å². The molecule has 0 heterocycles. The summed E-state index contributed by atoms with van der Waals surface area (Å²) in [6, 6.07) is 9.26. The first-order chi connectivity index (χ1) is 9.28. The van der Waals surface area contributed by atoms with Crippen LogP contribution >= 0.6 is 0 Å². The summed E-state index contributed by atoms with van der Waals surface area (Å²) >= 11 is 0. The summed E-state index contributed by atoms with van der Waals surface area (Å²) in [7, 11) is 0. The lowest BCUT2D eigenvalue weighted by Crippen LogP contribution is -2.24. The summed E-state index contributed by atoms with van der Waals surface area (Å²) in [6.45, 7) is 6.73. The highest BCUT2D eigenvalue weighted by atomic mass is 16.6. The maximum atomic E-state index is 11.7. The lowest BCUT2D eigenvalue weighted by molar-refractivity contribution is -0.136. The molecule has 0 spiro atoms. The third kappa shape index (κ3) is 6.13. The van der Waals surface area contributed by atoms with Crippen LogP contribution in [0.25, 0.3) is 0 Å². The molecule has 20 heavy (non-hydrogen) atoms. The summed E-state index contributed by atoms with van der Waals surface area (Å²) in [4.78, 5) is 26.6. The zero-order valence-electron chi connectivity index (χ0n) is 12.2. The Kier molecular flexibility index (Phi) is 5.43. The molecule has 1 aromatic carbocycles. The van der Waals surface area contributed by atoms with Gasteiger partial charge in [-0.05, 0) is 33.3 Å². The van der Waals surface area contributed by atoms with E-state index in [1.807, 2.05) is 30.3 Å². The van der Waals surface area contributed by atoms with Gasteiger partial charge in [0.05, 0.1) is 0 Å². The fourth-order valence-corrected chi connectivity index (χ4v) is 1.29. The summed E-state index contributed by atoms with van der Waals surface area (Å²) in [5.74, 6) is -0.639. The lowest BCUT2D eigenvalue weighted by atomic mass is 10.2. The second kappa shape index (κ2) is 6.84. The summed E-state index contributed by atoms with van der Waals surface area (Å²) in [6.07, 6.45) is -0.799. The number of ether oxygens (including phenoxy) is 2. The highest BCUT2D eigenvalue weighted by molar-refractivity contribution is 6.36. The van der Waals surface area contributed by atoms with E-state index in [2.05, 4.69) is 4.99 Å². The van der Waals surface area contributed by atoms with E-state index < -0.39 is 17.7 Å². The SMILES string of the molecule is CC(=NC(=O)OC(C)(C)C)C(=O)OCc1ccccc1. The molecular formula is C15H19NO4. The Balaban J connectivity index is 2.52. The average Bonchev–Trinajstić information content (AvgIpc) is 2.34. The highest BCUT2D eigenvalue weighted by Gasteiger charge is 2.17. The molecule has 0 atom stereocenters. The zero-order chi connectivity index (χ0) is 15.2. The van der Waals surface area contributed by atoms with Crippen LogP contribution in [0.5, 0.6) is 0 Å². The zero-order valence-corrected chi connectivity index (χ0v) is 12.2. The smallest absolute Gasteiger partial charge is 0.434 e. The van der Waals surface area contributed by atoms with Gasteiger partial charge in [-0.15, -0.1) is 0 Å². The molecule has 108 valence electrons. The number of nitrogens with zero attached hydrogens (tertiary/aromatic N) is 1. The first kappa shape index (κ1) is 15.9. The molecule has 1 amide bonds. The second-order valence-corrected chi connectivity index (χ2v) is 5.24. The van der Waals surface area contributed by atoms with Gasteiger partial charge in [0.25, 0.3) is 0 Å². The molecule has 0 N–H and O–H groups in total. The number of aliphatic imine (C=N–C) groups is 1. The Labute approximate surface area is 118 Å². The predicted molar refractivity (Wildman–Crippen MR) is 75.6 cm³/mol. The van der Waals surface area contributed by atoms with Crippen molar-refractivity contribution < 1.29 is 19.1 Å². The minimum absolute atomic E-state index is 0.0322. The van der Waals surface area contributed by atoms with Crippen molar-refractivity contribution in [2.75, 3.05) is 0 Å². The Hall–Kier alpha value is -2.17. The van der Waals surface area contributed by atoms with E-state index in [1.165, 1.54) is 6.92 Å². The minimum atomic E-state index is -0.799. The fourth-order valence-electron chi connectivity index (χ4n) is 1.29. The van der Waals surface area contributed by atoms with E-state index >= 15 is 0 Å². The number of hydrogen-bond acceptors (Lipinski definition) is 4. The number of amides is 1. The molecule has 0 aliphatic heterocycles. The first-order valence-corrected chi connectivity index (χ1v) is 6.27. The van der Waals surface area contributed by atoms with Gasteiger partial charge in [-0.3, -0.25) is 0 Å². The van der Waals surface area contributed by atoms with Crippen molar-refractivity contribution in [3.63, 3.8) is 0 Å². The maximum Gasteiger partial charge on any atom is 0.434 e. The van der Waals surface area contributed by atoms with E-state index in [0.717, 1.165) is 5.56 Å². The van der Waals surface area contributed by atoms with Crippen LogP contribution in [0.1, 0.15) is 33.3 Å². The Morgan fingerprint density at radius 1 is 1.15 bits per heavy atom. The quantitative estimate of drug-likeness (QED) is 0.629. The molecule has 0 saturated carbocycles. The van der Waals surface area contributed by atoms with Gasteiger partial charge in [-0.2, -0.15) is 4.99 Å². The summed E-state index contributed by atoms with van der Waals surface area (Å²) in [5.41, 5.74) is 0.190. The van der Waals surface area contributed by atoms with Crippen LogP contribution < -0.4 is 0 Å². The third-order valence-electron chi connectivity index (χ3n) is 2.16. The second-order valence-electron chi connectivity index (χ2n) is 5.24. The number of carbonyl (C=O) groups excluding carboxylic acids is 2. The molecule has 0 saturated heterocycles. The van der Waals surface area contributed by atoms with Crippen LogP contribution in [-0.2, 0) is 20.9 Å². The number of rotatable bonds is 3. The molecule has 0 fully saturated rings. The van der Waals surface area contributed by atoms with Crippen LogP contribution in [0.15, 0.2) is 35.3 Å². The van der Waals surface area contributed by atoms with Crippen LogP contribution in [0.4, 0.5) is 4.79 Å². The van der Waals surface area contributed by atoms with Crippen molar-refractivity contribution in [2.45, 2.75) is 39.9 Å². The van der Waals surface area contributed by atoms with Crippen LogP contribution in [-0.4, -0.2) is 23.4 Å². The highest BCUT2D eigenvalue weighted by Crippen LogP contribution is 2.08. The Morgan fingerprint density at radius 3 is 2.30 bits per heavy atom. The molecule has 0 radical (unpaired) electrons. The van der Waals surface area contributed by atoms with E-state index in [1.54, 1.807) is 20.8 Å². The fraction of sp³-hybridized carbons (Fsp3) is 0.400. The van der Waals surface area contributed by atoms with Gasteiger partial charge in [-0.1, -0.05) is 30.3 Å². The molecule has 0 unspecified atom stereocenters. The van der Waals surface area contributed by atoms with Crippen molar-refractivity contribution in [1.82, 2.24) is 0 Å². The number of benzene rings is 1. The number of esters is 1. The first-order valence-electron chi connectivity index (χ1n) is 6.27. The van der Waals surface area contributed by atoms with E-state index in [-0.39, 0.29) is 12.3 Å². The van der Waals surface area contributed by atoms with Gasteiger partial charge in [-0.25, -0.2) is 9.59 Å².